The average molecular weight is 267 g/mol. The number of nitrogens with one attached hydrogen (secondary N) is 1. The molecule has 2 heterocycles. The summed E-state index contributed by atoms with van der Waals surface area (Å²) in [7, 11) is 1.79. The lowest BCUT2D eigenvalue weighted by molar-refractivity contribution is 0.0525. The minimum Gasteiger partial charge on any atom is -0.462 e. The molecule has 1 N–H and O–H groups in total. The van der Waals surface area contributed by atoms with Gasteiger partial charge in [-0.2, -0.15) is 10.2 Å². The van der Waals surface area contributed by atoms with Gasteiger partial charge in [-0.05, 0) is 6.92 Å². The van der Waals surface area contributed by atoms with Crippen LogP contribution < -0.4 is 0 Å². The first-order valence-corrected chi connectivity index (χ1v) is 6.37. The first kappa shape index (κ1) is 12.6. The van der Waals surface area contributed by atoms with Crippen LogP contribution in [0.2, 0.25) is 0 Å². The Labute approximate surface area is 108 Å². The van der Waals surface area contributed by atoms with Crippen LogP contribution in [0.1, 0.15) is 23.0 Å². The number of aryl methyl sites for hydroxylation is 1. The third-order valence-electron chi connectivity index (χ3n) is 2.30. The van der Waals surface area contributed by atoms with Gasteiger partial charge >= 0.3 is 5.97 Å². The number of rotatable bonds is 5. The maximum atomic E-state index is 11.7. The molecule has 0 saturated carbocycles. The number of hydrogen-bond acceptors (Lipinski definition) is 6. The van der Waals surface area contributed by atoms with Crippen molar-refractivity contribution < 1.29 is 9.53 Å². The number of aromatic nitrogens is 5. The van der Waals surface area contributed by atoms with Crippen LogP contribution in [0.15, 0.2) is 17.7 Å². The molecule has 96 valence electrons. The number of carbonyl (C=O) groups is 1. The molecule has 2 aromatic heterocycles. The maximum absolute atomic E-state index is 11.7. The predicted molar refractivity (Wildman–Crippen MR) is 65.1 cm³/mol. The molecule has 18 heavy (non-hydrogen) atoms. The zero-order valence-corrected chi connectivity index (χ0v) is 10.9. The molecule has 2 aromatic rings. The van der Waals surface area contributed by atoms with E-state index in [4.69, 9.17) is 4.74 Å². The van der Waals surface area contributed by atoms with Crippen LogP contribution >= 0.6 is 11.8 Å². The van der Waals surface area contributed by atoms with Crippen molar-refractivity contribution in [3.63, 3.8) is 0 Å². The normalized spacial score (nSPS) is 10.6. The molecule has 0 unspecified atom stereocenters. The van der Waals surface area contributed by atoms with E-state index in [1.807, 2.05) is 0 Å². The lowest BCUT2D eigenvalue weighted by atomic mass is 10.3. The number of esters is 1. The van der Waals surface area contributed by atoms with E-state index in [1.165, 1.54) is 24.3 Å². The Morgan fingerprint density at radius 1 is 1.61 bits per heavy atom. The fraction of sp³-hybridized carbons (Fsp3) is 0.400. The Balaban J connectivity index is 2.11. The van der Waals surface area contributed by atoms with Crippen molar-refractivity contribution >= 4 is 17.7 Å². The third-order valence-corrected chi connectivity index (χ3v) is 3.18. The van der Waals surface area contributed by atoms with Crippen LogP contribution in [0.4, 0.5) is 0 Å². The highest BCUT2D eigenvalue weighted by atomic mass is 32.2. The molecular formula is C10H13N5O2S. The molecule has 0 aromatic carbocycles. The van der Waals surface area contributed by atoms with Crippen LogP contribution in [0.25, 0.3) is 0 Å². The summed E-state index contributed by atoms with van der Waals surface area (Å²) in [6.45, 7) is 2.12. The number of H-pyrrole nitrogens is 1. The number of thioether (sulfide) groups is 1. The Bertz CT molecular complexity index is 522. The molecule has 0 fully saturated rings. The van der Waals surface area contributed by atoms with Gasteiger partial charge < -0.3 is 4.74 Å². The SMILES string of the molecule is CCOC(=O)c1cnn(C)c1CSc1ncn[nH]1. The first-order chi connectivity index (χ1) is 8.72. The smallest absolute Gasteiger partial charge is 0.341 e. The van der Waals surface area contributed by atoms with Gasteiger partial charge in [-0.3, -0.25) is 9.78 Å². The summed E-state index contributed by atoms with van der Waals surface area (Å²) in [5.74, 6) is 0.221. The third kappa shape index (κ3) is 2.70. The van der Waals surface area contributed by atoms with E-state index in [-0.39, 0.29) is 5.97 Å². The maximum Gasteiger partial charge on any atom is 0.341 e. The summed E-state index contributed by atoms with van der Waals surface area (Å²) >= 11 is 1.45. The van der Waals surface area contributed by atoms with Crippen LogP contribution in [0, 0.1) is 0 Å². The van der Waals surface area contributed by atoms with Gasteiger partial charge in [-0.1, -0.05) is 11.8 Å². The Morgan fingerprint density at radius 2 is 2.44 bits per heavy atom. The number of hydrogen-bond donors (Lipinski definition) is 1. The summed E-state index contributed by atoms with van der Waals surface area (Å²) in [6, 6.07) is 0. The Kier molecular flexibility index (Phi) is 3.98. The van der Waals surface area contributed by atoms with E-state index in [1.54, 1.807) is 18.7 Å². The summed E-state index contributed by atoms with van der Waals surface area (Å²) < 4.78 is 6.64. The second-order valence-electron chi connectivity index (χ2n) is 3.43. The molecule has 0 saturated heterocycles. The molecule has 2 rings (SSSR count). The highest BCUT2D eigenvalue weighted by Gasteiger charge is 2.17. The van der Waals surface area contributed by atoms with E-state index >= 15 is 0 Å². The zero-order chi connectivity index (χ0) is 13.0. The molecule has 8 heteroatoms. The summed E-state index contributed by atoms with van der Waals surface area (Å²) in [4.78, 5) is 15.7. The number of nitrogens with zero attached hydrogens (tertiary/aromatic N) is 4. The highest BCUT2D eigenvalue weighted by Crippen LogP contribution is 2.21. The molecule has 0 bridgehead atoms. The van der Waals surface area contributed by atoms with Gasteiger partial charge in [0, 0.05) is 12.8 Å². The van der Waals surface area contributed by atoms with E-state index in [9.17, 15) is 4.79 Å². The summed E-state index contributed by atoms with van der Waals surface area (Å²) in [6.07, 6.45) is 2.96. The largest absolute Gasteiger partial charge is 0.462 e. The monoisotopic (exact) mass is 267 g/mol. The fourth-order valence-electron chi connectivity index (χ4n) is 1.41. The van der Waals surface area contributed by atoms with Crippen molar-refractivity contribution in [1.82, 2.24) is 25.0 Å². The van der Waals surface area contributed by atoms with Crippen LogP contribution in [0.5, 0.6) is 0 Å². The molecule has 0 aliphatic heterocycles. The van der Waals surface area contributed by atoms with Crippen molar-refractivity contribution in [2.45, 2.75) is 17.8 Å². The highest BCUT2D eigenvalue weighted by molar-refractivity contribution is 7.98. The molecular weight excluding hydrogens is 254 g/mol. The lowest BCUT2D eigenvalue weighted by Gasteiger charge is -2.04. The number of ether oxygens (including phenoxy) is 1. The van der Waals surface area contributed by atoms with E-state index in [0.717, 1.165) is 5.69 Å². The zero-order valence-electron chi connectivity index (χ0n) is 10.1. The van der Waals surface area contributed by atoms with Crippen molar-refractivity contribution in [3.05, 3.63) is 23.8 Å². The number of carbonyl (C=O) groups excluding carboxylic acids is 1. The van der Waals surface area contributed by atoms with Crippen molar-refractivity contribution in [2.24, 2.45) is 7.05 Å². The van der Waals surface area contributed by atoms with Crippen LogP contribution in [-0.2, 0) is 17.5 Å². The van der Waals surface area contributed by atoms with Crippen molar-refractivity contribution in [1.29, 1.82) is 0 Å². The number of aromatic amines is 1. The summed E-state index contributed by atoms with van der Waals surface area (Å²) in [5.41, 5.74) is 1.29. The van der Waals surface area contributed by atoms with Gasteiger partial charge in [-0.15, -0.1) is 0 Å². The van der Waals surface area contributed by atoms with Gasteiger partial charge in [-0.25, -0.2) is 9.78 Å². The van der Waals surface area contributed by atoms with Gasteiger partial charge in [0.1, 0.15) is 11.9 Å². The van der Waals surface area contributed by atoms with Crippen LogP contribution in [-0.4, -0.2) is 37.5 Å². The first-order valence-electron chi connectivity index (χ1n) is 5.38. The quantitative estimate of drug-likeness (QED) is 0.642. The molecule has 0 aliphatic carbocycles. The lowest BCUT2D eigenvalue weighted by Crippen LogP contribution is -2.08. The van der Waals surface area contributed by atoms with Crippen molar-refractivity contribution in [2.75, 3.05) is 6.61 Å². The van der Waals surface area contributed by atoms with Gasteiger partial charge in [0.05, 0.1) is 18.5 Å². The van der Waals surface area contributed by atoms with Gasteiger partial charge in [0.15, 0.2) is 5.16 Å². The molecule has 0 radical (unpaired) electrons. The standard InChI is InChI=1S/C10H13N5O2S/c1-3-17-9(16)7-4-13-15(2)8(7)5-18-10-11-6-12-14-10/h4,6H,3,5H2,1-2H3,(H,11,12,14). The minimum atomic E-state index is -0.348. The topological polar surface area (TPSA) is 85.7 Å². The summed E-state index contributed by atoms with van der Waals surface area (Å²) in [5, 5.41) is 11.3. The Hall–Kier alpha value is -1.83. The van der Waals surface area contributed by atoms with E-state index < -0.39 is 0 Å². The second kappa shape index (κ2) is 5.67. The molecule has 0 amide bonds. The Morgan fingerprint density at radius 3 is 3.11 bits per heavy atom. The second-order valence-corrected chi connectivity index (χ2v) is 4.39. The van der Waals surface area contributed by atoms with Gasteiger partial charge in [0.2, 0.25) is 0 Å². The predicted octanol–water partition coefficient (Wildman–Crippen LogP) is 1.01. The van der Waals surface area contributed by atoms with Crippen LogP contribution in [0.3, 0.4) is 0 Å². The van der Waals surface area contributed by atoms with E-state index in [2.05, 4.69) is 20.3 Å². The molecule has 7 nitrogen and oxygen atoms in total. The fourth-order valence-corrected chi connectivity index (χ4v) is 2.27. The minimum absolute atomic E-state index is 0.348. The molecule has 0 aliphatic rings. The van der Waals surface area contributed by atoms with Gasteiger partial charge in [0.25, 0.3) is 0 Å². The molecule has 0 spiro atoms. The van der Waals surface area contributed by atoms with Crippen molar-refractivity contribution in [3.8, 4) is 0 Å². The average Bonchev–Trinajstić information content (AvgIpc) is 2.96. The molecule has 0 atom stereocenters. The van der Waals surface area contributed by atoms with E-state index in [0.29, 0.717) is 23.1 Å².